The molecule has 1 aliphatic rings. The van der Waals surface area contributed by atoms with E-state index in [1.165, 1.54) is 0 Å². The van der Waals surface area contributed by atoms with Gasteiger partial charge in [0.1, 0.15) is 5.69 Å². The van der Waals surface area contributed by atoms with Crippen LogP contribution in [0, 0.1) is 29.1 Å². The highest BCUT2D eigenvalue weighted by atomic mass is 35.5. The van der Waals surface area contributed by atoms with Crippen LogP contribution in [0.3, 0.4) is 0 Å². The van der Waals surface area contributed by atoms with E-state index in [0.29, 0.717) is 27.9 Å². The van der Waals surface area contributed by atoms with Crippen molar-refractivity contribution in [1.82, 2.24) is 5.32 Å². The molecule has 0 radical (unpaired) electrons. The summed E-state index contributed by atoms with van der Waals surface area (Å²) in [6.07, 6.45) is 0. The van der Waals surface area contributed by atoms with Gasteiger partial charge in [-0.05, 0) is 54.0 Å². The van der Waals surface area contributed by atoms with Gasteiger partial charge in [-0.1, -0.05) is 37.6 Å². The molecule has 4 rings (SSSR count). The van der Waals surface area contributed by atoms with Gasteiger partial charge in [0.25, 0.3) is 5.91 Å². The monoisotopic (exact) mass is 582 g/mol. The van der Waals surface area contributed by atoms with Gasteiger partial charge >= 0.3 is 0 Å². The Morgan fingerprint density at radius 3 is 1.92 bits per heavy atom. The molecular weight excluding hydrogens is 559 g/mol. The van der Waals surface area contributed by atoms with Crippen molar-refractivity contribution in [2.24, 2.45) is 0 Å². The van der Waals surface area contributed by atoms with Crippen molar-refractivity contribution in [3.63, 3.8) is 0 Å². The number of hydrogen-bond acceptors (Lipinski definition) is 4. The molecule has 1 aliphatic heterocycles. The van der Waals surface area contributed by atoms with Crippen LogP contribution in [0.2, 0.25) is 5.02 Å². The summed E-state index contributed by atoms with van der Waals surface area (Å²) in [4.78, 5) is 15.4. The first kappa shape index (κ1) is 28.6. The molecule has 1 fully saturated rings. The Morgan fingerprint density at radius 2 is 1.38 bits per heavy atom. The summed E-state index contributed by atoms with van der Waals surface area (Å²) in [6.45, 7) is 4.56. The highest BCUT2D eigenvalue weighted by molar-refractivity contribution is 7.80. The van der Waals surface area contributed by atoms with Gasteiger partial charge < -0.3 is 15.1 Å². The number of carbonyl (C=O) groups is 1. The Bertz CT molecular complexity index is 1380. The SMILES string of the molecule is CC(C)c1ccc(C(=O)NC(=S)Nc2ccc(N3CCN(c4c(F)c(F)c(F)c(F)c4F)CC3)c(Cl)c2)cc1. The molecule has 0 spiro atoms. The number of carbonyl (C=O) groups excluding carboxylic acids is 1. The molecule has 1 heterocycles. The van der Waals surface area contributed by atoms with E-state index in [-0.39, 0.29) is 37.2 Å². The van der Waals surface area contributed by atoms with Gasteiger partial charge in [0.15, 0.2) is 28.4 Å². The number of anilines is 3. The maximum atomic E-state index is 14.2. The highest BCUT2D eigenvalue weighted by Gasteiger charge is 2.31. The fourth-order valence-electron chi connectivity index (χ4n) is 4.24. The summed E-state index contributed by atoms with van der Waals surface area (Å²) in [5.41, 5.74) is 1.76. The van der Waals surface area contributed by atoms with Crippen LogP contribution < -0.4 is 20.4 Å². The average molecular weight is 583 g/mol. The third-order valence-electron chi connectivity index (χ3n) is 6.40. The molecule has 3 aromatic rings. The third kappa shape index (κ3) is 6.09. The van der Waals surface area contributed by atoms with Crippen LogP contribution in [0.25, 0.3) is 0 Å². The first-order valence-corrected chi connectivity index (χ1v) is 12.8. The van der Waals surface area contributed by atoms with Gasteiger partial charge in [-0.3, -0.25) is 10.1 Å². The molecule has 5 nitrogen and oxygen atoms in total. The number of halogens is 6. The van der Waals surface area contributed by atoms with Gasteiger partial charge in [-0.2, -0.15) is 0 Å². The predicted octanol–water partition coefficient (Wildman–Crippen LogP) is 6.61. The molecule has 206 valence electrons. The summed E-state index contributed by atoms with van der Waals surface area (Å²) < 4.78 is 69.0. The zero-order valence-electron chi connectivity index (χ0n) is 20.9. The van der Waals surface area contributed by atoms with Gasteiger partial charge in [0, 0.05) is 37.4 Å². The number of nitrogens with zero attached hydrogens (tertiary/aromatic N) is 2. The summed E-state index contributed by atoms with van der Waals surface area (Å²) in [5, 5.41) is 5.93. The third-order valence-corrected chi connectivity index (χ3v) is 6.90. The minimum Gasteiger partial charge on any atom is -0.367 e. The molecule has 12 heteroatoms. The number of piperazine rings is 1. The maximum absolute atomic E-state index is 14.2. The van der Waals surface area contributed by atoms with E-state index in [1.807, 2.05) is 17.0 Å². The number of thiocarbonyl (C=S) groups is 1. The second-order valence-corrected chi connectivity index (χ2v) is 10.1. The normalized spacial score (nSPS) is 13.6. The van der Waals surface area contributed by atoms with E-state index in [9.17, 15) is 26.7 Å². The summed E-state index contributed by atoms with van der Waals surface area (Å²) in [7, 11) is 0. The lowest BCUT2D eigenvalue weighted by atomic mass is 10.0. The Labute approximate surface area is 232 Å². The largest absolute Gasteiger partial charge is 0.367 e. The van der Waals surface area contributed by atoms with Crippen LogP contribution in [0.5, 0.6) is 0 Å². The number of benzene rings is 3. The molecule has 0 atom stereocenters. The Morgan fingerprint density at radius 1 is 0.846 bits per heavy atom. The van der Waals surface area contributed by atoms with E-state index >= 15 is 0 Å². The molecule has 3 aromatic carbocycles. The van der Waals surface area contributed by atoms with Gasteiger partial charge in [-0.25, -0.2) is 22.0 Å². The average Bonchev–Trinajstić information content (AvgIpc) is 2.91. The lowest BCUT2D eigenvalue weighted by Gasteiger charge is -2.38. The van der Waals surface area contributed by atoms with Crippen molar-refractivity contribution in [3.8, 4) is 0 Å². The molecule has 0 bridgehead atoms. The zero-order chi connectivity index (χ0) is 28.4. The van der Waals surface area contributed by atoms with Crippen LogP contribution in [0.15, 0.2) is 42.5 Å². The van der Waals surface area contributed by atoms with E-state index in [2.05, 4.69) is 24.5 Å². The lowest BCUT2D eigenvalue weighted by Crippen LogP contribution is -2.47. The van der Waals surface area contributed by atoms with Gasteiger partial charge in [-0.15, -0.1) is 0 Å². The molecule has 2 N–H and O–H groups in total. The van der Waals surface area contributed by atoms with Crippen LogP contribution in [0.4, 0.5) is 39.0 Å². The fraction of sp³-hybridized carbons (Fsp3) is 0.259. The Kier molecular flexibility index (Phi) is 8.60. The van der Waals surface area contributed by atoms with Crippen molar-refractivity contribution in [2.45, 2.75) is 19.8 Å². The summed E-state index contributed by atoms with van der Waals surface area (Å²) in [6, 6.07) is 12.2. The first-order chi connectivity index (χ1) is 18.5. The van der Waals surface area contributed by atoms with Crippen LogP contribution in [-0.2, 0) is 0 Å². The van der Waals surface area contributed by atoms with Crippen LogP contribution in [0.1, 0.15) is 35.7 Å². The Hall–Kier alpha value is -3.44. The Balaban J connectivity index is 1.37. The number of hydrogen-bond donors (Lipinski definition) is 2. The van der Waals surface area contributed by atoms with Gasteiger partial charge in [0.05, 0.1) is 10.7 Å². The molecule has 0 aromatic heterocycles. The van der Waals surface area contributed by atoms with E-state index < -0.39 is 34.8 Å². The van der Waals surface area contributed by atoms with E-state index in [4.69, 9.17) is 23.8 Å². The van der Waals surface area contributed by atoms with E-state index in [0.717, 1.165) is 10.5 Å². The van der Waals surface area contributed by atoms with E-state index in [1.54, 1.807) is 30.3 Å². The first-order valence-electron chi connectivity index (χ1n) is 12.0. The minimum atomic E-state index is -2.19. The van der Waals surface area contributed by atoms with Crippen LogP contribution >= 0.6 is 23.8 Å². The number of nitrogens with one attached hydrogen (secondary N) is 2. The summed E-state index contributed by atoms with van der Waals surface area (Å²) in [5.74, 6) is -9.88. The van der Waals surface area contributed by atoms with Crippen molar-refractivity contribution in [2.75, 3.05) is 41.3 Å². The topological polar surface area (TPSA) is 47.6 Å². The molecule has 1 amide bonds. The second-order valence-electron chi connectivity index (χ2n) is 9.24. The maximum Gasteiger partial charge on any atom is 0.257 e. The zero-order valence-corrected chi connectivity index (χ0v) is 22.5. The predicted molar refractivity (Wildman–Crippen MR) is 146 cm³/mol. The second kappa shape index (κ2) is 11.7. The molecule has 1 saturated heterocycles. The molecule has 0 aliphatic carbocycles. The van der Waals surface area contributed by atoms with Crippen molar-refractivity contribution >= 4 is 51.9 Å². The standard InChI is InChI=1S/C27H24ClF5N4OS/c1-14(2)15-3-5-16(6-4-15)26(38)35-27(39)34-17-7-8-19(18(28)13-17)36-9-11-37(12-10-36)25-23(32)21(30)20(29)22(31)24(25)33/h3-8,13-14H,9-12H2,1-2H3,(H2,34,35,38,39). The van der Waals surface area contributed by atoms with Crippen molar-refractivity contribution in [3.05, 3.63) is 87.7 Å². The lowest BCUT2D eigenvalue weighted by molar-refractivity contribution is 0.0977. The van der Waals surface area contributed by atoms with Gasteiger partial charge in [0.2, 0.25) is 5.82 Å². The van der Waals surface area contributed by atoms with Crippen molar-refractivity contribution < 1.29 is 26.7 Å². The van der Waals surface area contributed by atoms with Crippen molar-refractivity contribution in [1.29, 1.82) is 0 Å². The minimum absolute atomic E-state index is 0.00292. The molecular formula is C27H24ClF5N4OS. The number of amides is 1. The smallest absolute Gasteiger partial charge is 0.257 e. The molecule has 0 saturated carbocycles. The number of rotatable bonds is 5. The quantitative estimate of drug-likeness (QED) is 0.153. The molecule has 0 unspecified atom stereocenters. The fourth-order valence-corrected chi connectivity index (χ4v) is 4.75. The molecule has 39 heavy (non-hydrogen) atoms. The van der Waals surface area contributed by atoms with Crippen LogP contribution in [-0.4, -0.2) is 37.2 Å². The summed E-state index contributed by atoms with van der Waals surface area (Å²) >= 11 is 11.7. The highest BCUT2D eigenvalue weighted by Crippen LogP contribution is 2.33.